The topological polar surface area (TPSA) is 70.4 Å². The molecule has 0 amide bonds. The van der Waals surface area contributed by atoms with Crippen molar-refractivity contribution in [1.82, 2.24) is 9.78 Å². The molecular formula is C12H14N2O4. The molecule has 2 rings (SSSR count). The molecule has 1 aromatic rings. The predicted octanol–water partition coefficient (Wildman–Crippen LogP) is 1.12. The quantitative estimate of drug-likeness (QED) is 0.447. The zero-order chi connectivity index (χ0) is 13.3. The number of cyclic esters (lactones) is 2. The number of carbonyl (C=O) groups is 2. The fourth-order valence-electron chi connectivity index (χ4n) is 1.57. The van der Waals surface area contributed by atoms with Gasteiger partial charge in [-0.15, -0.1) is 0 Å². The van der Waals surface area contributed by atoms with E-state index in [-0.39, 0.29) is 5.57 Å². The highest BCUT2D eigenvalue weighted by atomic mass is 16.7. The van der Waals surface area contributed by atoms with Gasteiger partial charge in [0.25, 0.3) is 5.79 Å². The Morgan fingerprint density at radius 2 is 1.94 bits per heavy atom. The number of ether oxygens (including phenoxy) is 2. The molecule has 2 heterocycles. The van der Waals surface area contributed by atoms with Crippen molar-refractivity contribution in [2.24, 2.45) is 0 Å². The minimum atomic E-state index is -1.21. The molecule has 0 radical (unpaired) electrons. The van der Waals surface area contributed by atoms with E-state index >= 15 is 0 Å². The van der Waals surface area contributed by atoms with Crippen molar-refractivity contribution in [3.8, 4) is 0 Å². The Morgan fingerprint density at radius 3 is 2.44 bits per heavy atom. The van der Waals surface area contributed by atoms with Crippen LogP contribution in [0.3, 0.4) is 0 Å². The summed E-state index contributed by atoms with van der Waals surface area (Å²) in [5.41, 5.74) is 0.533. The lowest BCUT2D eigenvalue weighted by atomic mass is 10.1. The Hall–Kier alpha value is -2.11. The summed E-state index contributed by atoms with van der Waals surface area (Å²) in [7, 11) is 0. The van der Waals surface area contributed by atoms with Crippen LogP contribution in [0, 0.1) is 0 Å². The number of aromatic nitrogens is 2. The van der Waals surface area contributed by atoms with E-state index in [1.165, 1.54) is 19.9 Å². The van der Waals surface area contributed by atoms with Gasteiger partial charge in [-0.1, -0.05) is 0 Å². The van der Waals surface area contributed by atoms with Gasteiger partial charge < -0.3 is 9.47 Å². The molecule has 1 aromatic heterocycles. The van der Waals surface area contributed by atoms with Gasteiger partial charge in [0.1, 0.15) is 5.57 Å². The molecule has 1 aliphatic heterocycles. The van der Waals surface area contributed by atoms with Crippen LogP contribution >= 0.6 is 0 Å². The first-order chi connectivity index (χ1) is 8.41. The number of esters is 2. The van der Waals surface area contributed by atoms with Gasteiger partial charge in [-0.3, -0.25) is 4.68 Å². The van der Waals surface area contributed by atoms with Crippen molar-refractivity contribution in [2.75, 3.05) is 0 Å². The number of carbonyl (C=O) groups excluding carboxylic acids is 2. The third-order valence-electron chi connectivity index (χ3n) is 2.41. The molecule has 6 nitrogen and oxygen atoms in total. The Bertz CT molecular complexity index is 506. The van der Waals surface area contributed by atoms with Gasteiger partial charge >= 0.3 is 11.9 Å². The molecule has 0 N–H and O–H groups in total. The second-order valence-corrected chi connectivity index (χ2v) is 4.37. The molecule has 0 aliphatic carbocycles. The molecule has 1 aliphatic rings. The highest BCUT2D eigenvalue weighted by Crippen LogP contribution is 2.23. The van der Waals surface area contributed by atoms with Gasteiger partial charge in [-0.2, -0.15) is 5.10 Å². The van der Waals surface area contributed by atoms with E-state index in [2.05, 4.69) is 5.10 Å². The van der Waals surface area contributed by atoms with Crippen molar-refractivity contribution in [3.63, 3.8) is 0 Å². The van der Waals surface area contributed by atoms with E-state index in [1.54, 1.807) is 17.1 Å². The number of aryl methyl sites for hydroxylation is 1. The predicted molar refractivity (Wildman–Crippen MR) is 62.1 cm³/mol. The first-order valence-electron chi connectivity index (χ1n) is 5.62. The SMILES string of the molecule is CCn1cc(C=C2C(=O)OC(C)(C)OC2=O)cn1. The highest BCUT2D eigenvalue weighted by molar-refractivity contribution is 6.18. The van der Waals surface area contributed by atoms with E-state index in [0.29, 0.717) is 12.1 Å². The van der Waals surface area contributed by atoms with Crippen LogP contribution in [0.5, 0.6) is 0 Å². The second-order valence-electron chi connectivity index (χ2n) is 4.37. The minimum absolute atomic E-state index is 0.120. The van der Waals surface area contributed by atoms with Crippen LogP contribution in [-0.4, -0.2) is 27.5 Å². The average Bonchev–Trinajstić information content (AvgIpc) is 2.70. The Balaban J connectivity index is 2.27. The van der Waals surface area contributed by atoms with Gasteiger partial charge in [0.2, 0.25) is 0 Å². The molecular weight excluding hydrogens is 236 g/mol. The van der Waals surface area contributed by atoms with Crippen LogP contribution in [0.25, 0.3) is 6.08 Å². The van der Waals surface area contributed by atoms with E-state index in [0.717, 1.165) is 0 Å². The summed E-state index contributed by atoms with van der Waals surface area (Å²) in [6.45, 7) is 5.67. The smallest absolute Gasteiger partial charge is 0.348 e. The minimum Gasteiger partial charge on any atom is -0.419 e. The summed E-state index contributed by atoms with van der Waals surface area (Å²) < 4.78 is 11.7. The zero-order valence-corrected chi connectivity index (χ0v) is 10.5. The molecule has 0 saturated carbocycles. The van der Waals surface area contributed by atoms with Crippen molar-refractivity contribution in [3.05, 3.63) is 23.5 Å². The average molecular weight is 250 g/mol. The summed E-state index contributed by atoms with van der Waals surface area (Å²) in [4.78, 5) is 23.4. The van der Waals surface area contributed by atoms with Gasteiger partial charge in [0.05, 0.1) is 6.20 Å². The molecule has 6 heteroatoms. The van der Waals surface area contributed by atoms with Gasteiger partial charge in [0, 0.05) is 32.2 Å². The highest BCUT2D eigenvalue weighted by Gasteiger charge is 2.38. The fraction of sp³-hybridized carbons (Fsp3) is 0.417. The first-order valence-corrected chi connectivity index (χ1v) is 5.62. The standard InChI is InChI=1S/C12H14N2O4/c1-4-14-7-8(6-13-14)5-9-10(15)17-12(2,3)18-11(9)16/h5-7H,4H2,1-3H3. The third-order valence-corrected chi connectivity index (χ3v) is 2.41. The molecule has 1 fully saturated rings. The largest absolute Gasteiger partial charge is 0.419 e. The van der Waals surface area contributed by atoms with Crippen LogP contribution < -0.4 is 0 Å². The maximum Gasteiger partial charge on any atom is 0.348 e. The van der Waals surface area contributed by atoms with Crippen LogP contribution in [0.15, 0.2) is 18.0 Å². The van der Waals surface area contributed by atoms with Crippen LogP contribution in [0.2, 0.25) is 0 Å². The van der Waals surface area contributed by atoms with Gasteiger partial charge in [0.15, 0.2) is 0 Å². The number of nitrogens with zero attached hydrogens (tertiary/aromatic N) is 2. The summed E-state index contributed by atoms with van der Waals surface area (Å²) in [5, 5.41) is 4.05. The summed E-state index contributed by atoms with van der Waals surface area (Å²) in [6, 6.07) is 0. The molecule has 0 unspecified atom stereocenters. The Labute approximate surface area is 104 Å². The molecule has 0 aromatic carbocycles. The molecule has 0 atom stereocenters. The number of rotatable bonds is 2. The first kappa shape index (κ1) is 12.3. The second kappa shape index (κ2) is 4.29. The molecule has 18 heavy (non-hydrogen) atoms. The lowest BCUT2D eigenvalue weighted by Gasteiger charge is -2.29. The number of hydrogen-bond acceptors (Lipinski definition) is 5. The van der Waals surface area contributed by atoms with Crippen LogP contribution in [0.4, 0.5) is 0 Å². The molecule has 1 saturated heterocycles. The van der Waals surface area contributed by atoms with E-state index in [1.807, 2.05) is 6.92 Å². The van der Waals surface area contributed by atoms with E-state index in [4.69, 9.17) is 9.47 Å². The zero-order valence-electron chi connectivity index (χ0n) is 10.5. The number of hydrogen-bond donors (Lipinski definition) is 0. The summed E-state index contributed by atoms with van der Waals surface area (Å²) in [5.74, 6) is -2.57. The van der Waals surface area contributed by atoms with Crippen molar-refractivity contribution in [2.45, 2.75) is 33.1 Å². The van der Waals surface area contributed by atoms with Gasteiger partial charge in [-0.05, 0) is 13.0 Å². The van der Waals surface area contributed by atoms with E-state index in [9.17, 15) is 9.59 Å². The van der Waals surface area contributed by atoms with E-state index < -0.39 is 17.7 Å². The maximum atomic E-state index is 11.7. The maximum absolute atomic E-state index is 11.7. The molecule has 0 bridgehead atoms. The lowest BCUT2D eigenvalue weighted by Crippen LogP contribution is -2.41. The monoisotopic (exact) mass is 250 g/mol. The Morgan fingerprint density at radius 1 is 1.33 bits per heavy atom. The molecule has 96 valence electrons. The summed E-state index contributed by atoms with van der Waals surface area (Å²) in [6.07, 6.45) is 4.71. The van der Waals surface area contributed by atoms with Crippen molar-refractivity contribution in [1.29, 1.82) is 0 Å². The van der Waals surface area contributed by atoms with Gasteiger partial charge in [-0.25, -0.2) is 9.59 Å². The lowest BCUT2D eigenvalue weighted by molar-refractivity contribution is -0.222. The normalized spacial score (nSPS) is 18.3. The van der Waals surface area contributed by atoms with Crippen LogP contribution in [-0.2, 0) is 25.6 Å². The fourth-order valence-corrected chi connectivity index (χ4v) is 1.57. The van der Waals surface area contributed by atoms with Crippen molar-refractivity contribution >= 4 is 18.0 Å². The third kappa shape index (κ3) is 2.42. The van der Waals surface area contributed by atoms with Crippen LogP contribution in [0.1, 0.15) is 26.3 Å². The van der Waals surface area contributed by atoms with Crippen molar-refractivity contribution < 1.29 is 19.1 Å². The Kier molecular flexibility index (Phi) is 2.94. The molecule has 0 spiro atoms. The summed E-state index contributed by atoms with van der Waals surface area (Å²) >= 11 is 0.